The molecule has 0 spiro atoms. The van der Waals surface area contributed by atoms with Crippen molar-refractivity contribution in [1.29, 1.82) is 0 Å². The summed E-state index contributed by atoms with van der Waals surface area (Å²) in [7, 11) is 0. The maximum absolute atomic E-state index is 11.6. The minimum atomic E-state index is -0.296. The molecule has 0 bridgehead atoms. The summed E-state index contributed by atoms with van der Waals surface area (Å²) < 4.78 is 0. The van der Waals surface area contributed by atoms with E-state index in [9.17, 15) is 9.59 Å². The van der Waals surface area contributed by atoms with Crippen LogP contribution < -0.4 is 16.4 Å². The zero-order valence-corrected chi connectivity index (χ0v) is 11.6. The van der Waals surface area contributed by atoms with Crippen LogP contribution in [0.4, 0.5) is 11.4 Å². The Labute approximate surface area is 117 Å². The largest absolute Gasteiger partial charge is 0.325 e. The van der Waals surface area contributed by atoms with E-state index >= 15 is 0 Å². The second kappa shape index (κ2) is 7.76. The SMILES string of the molecule is CCCCC(=O)Nc1ccc(NC(=O)CN)cc1Cl. The highest BCUT2D eigenvalue weighted by Crippen LogP contribution is 2.25. The first kappa shape index (κ1) is 15.5. The van der Waals surface area contributed by atoms with Gasteiger partial charge in [-0.2, -0.15) is 0 Å². The van der Waals surface area contributed by atoms with Crippen LogP contribution in [0.1, 0.15) is 26.2 Å². The summed E-state index contributed by atoms with van der Waals surface area (Å²) in [5, 5.41) is 5.69. The Morgan fingerprint density at radius 3 is 2.58 bits per heavy atom. The fourth-order valence-corrected chi connectivity index (χ4v) is 1.68. The molecule has 1 aromatic rings. The molecule has 19 heavy (non-hydrogen) atoms. The smallest absolute Gasteiger partial charge is 0.238 e. The van der Waals surface area contributed by atoms with Crippen LogP contribution in [0.15, 0.2) is 18.2 Å². The summed E-state index contributed by atoms with van der Waals surface area (Å²) in [4.78, 5) is 22.7. The third-order valence-corrected chi connectivity index (χ3v) is 2.78. The average Bonchev–Trinajstić information content (AvgIpc) is 2.39. The van der Waals surface area contributed by atoms with Crippen LogP contribution in [0, 0.1) is 0 Å². The van der Waals surface area contributed by atoms with Crippen molar-refractivity contribution in [1.82, 2.24) is 0 Å². The number of hydrogen-bond donors (Lipinski definition) is 3. The molecular weight excluding hydrogens is 266 g/mol. The summed E-state index contributed by atoms with van der Waals surface area (Å²) in [6, 6.07) is 4.89. The Bertz CT molecular complexity index is 463. The first-order chi connectivity index (χ1) is 9.06. The lowest BCUT2D eigenvalue weighted by molar-refractivity contribution is -0.116. The third-order valence-electron chi connectivity index (χ3n) is 2.47. The van der Waals surface area contributed by atoms with Crippen LogP contribution in [0.25, 0.3) is 0 Å². The van der Waals surface area contributed by atoms with Crippen molar-refractivity contribution < 1.29 is 9.59 Å². The Hall–Kier alpha value is -1.59. The van der Waals surface area contributed by atoms with Crippen molar-refractivity contribution in [3.63, 3.8) is 0 Å². The molecule has 6 heteroatoms. The highest BCUT2D eigenvalue weighted by Gasteiger charge is 2.07. The minimum absolute atomic E-state index is 0.0671. The van der Waals surface area contributed by atoms with E-state index in [1.165, 1.54) is 0 Å². The molecule has 0 saturated heterocycles. The van der Waals surface area contributed by atoms with E-state index in [0.29, 0.717) is 22.8 Å². The number of amides is 2. The summed E-state index contributed by atoms with van der Waals surface area (Å²) >= 11 is 6.04. The molecule has 1 aromatic carbocycles. The van der Waals surface area contributed by atoms with Gasteiger partial charge in [-0.3, -0.25) is 9.59 Å². The molecule has 0 radical (unpaired) electrons. The molecule has 1 rings (SSSR count). The van der Waals surface area contributed by atoms with E-state index in [0.717, 1.165) is 12.8 Å². The van der Waals surface area contributed by atoms with Crippen molar-refractivity contribution in [2.75, 3.05) is 17.2 Å². The third kappa shape index (κ3) is 5.28. The number of halogens is 1. The lowest BCUT2D eigenvalue weighted by atomic mass is 10.2. The first-order valence-electron chi connectivity index (χ1n) is 6.16. The number of rotatable bonds is 6. The van der Waals surface area contributed by atoms with Crippen molar-refractivity contribution in [2.45, 2.75) is 26.2 Å². The lowest BCUT2D eigenvalue weighted by Gasteiger charge is -2.09. The standard InChI is InChI=1S/C13H18ClN3O2/c1-2-3-4-12(18)17-11-6-5-9(7-10(11)14)16-13(19)8-15/h5-7H,2-4,8,15H2,1H3,(H,16,19)(H,17,18). The first-order valence-corrected chi connectivity index (χ1v) is 6.54. The van der Waals surface area contributed by atoms with Crippen LogP contribution >= 0.6 is 11.6 Å². The van der Waals surface area contributed by atoms with E-state index in [4.69, 9.17) is 17.3 Å². The highest BCUT2D eigenvalue weighted by atomic mass is 35.5. The Morgan fingerprint density at radius 1 is 1.26 bits per heavy atom. The van der Waals surface area contributed by atoms with Gasteiger partial charge < -0.3 is 16.4 Å². The molecule has 0 heterocycles. The zero-order valence-electron chi connectivity index (χ0n) is 10.8. The lowest BCUT2D eigenvalue weighted by Crippen LogP contribution is -2.21. The van der Waals surface area contributed by atoms with Crippen molar-refractivity contribution >= 4 is 34.8 Å². The minimum Gasteiger partial charge on any atom is -0.325 e. The molecular formula is C13H18ClN3O2. The monoisotopic (exact) mass is 283 g/mol. The number of anilines is 2. The van der Waals surface area contributed by atoms with Gasteiger partial charge in [-0.05, 0) is 24.6 Å². The van der Waals surface area contributed by atoms with Gasteiger partial charge in [0.15, 0.2) is 0 Å². The van der Waals surface area contributed by atoms with Gasteiger partial charge in [0.05, 0.1) is 17.3 Å². The van der Waals surface area contributed by atoms with Gasteiger partial charge in [0.2, 0.25) is 11.8 Å². The summed E-state index contributed by atoms with van der Waals surface area (Å²) in [5.41, 5.74) is 6.28. The Kier molecular flexibility index (Phi) is 6.32. The maximum Gasteiger partial charge on any atom is 0.238 e. The molecule has 0 unspecified atom stereocenters. The molecule has 0 aliphatic carbocycles. The highest BCUT2D eigenvalue weighted by molar-refractivity contribution is 6.34. The van der Waals surface area contributed by atoms with Crippen molar-refractivity contribution in [2.24, 2.45) is 5.73 Å². The molecule has 4 N–H and O–H groups in total. The average molecular weight is 284 g/mol. The fourth-order valence-electron chi connectivity index (χ4n) is 1.46. The number of hydrogen-bond acceptors (Lipinski definition) is 3. The molecule has 5 nitrogen and oxygen atoms in total. The van der Waals surface area contributed by atoms with Crippen LogP contribution in [-0.2, 0) is 9.59 Å². The van der Waals surface area contributed by atoms with Gasteiger partial charge in [-0.25, -0.2) is 0 Å². The molecule has 0 fully saturated rings. The number of nitrogens with two attached hydrogens (primary N) is 1. The number of nitrogens with one attached hydrogen (secondary N) is 2. The van der Waals surface area contributed by atoms with Crippen molar-refractivity contribution in [3.8, 4) is 0 Å². The topological polar surface area (TPSA) is 84.2 Å². The summed E-state index contributed by atoms with van der Waals surface area (Å²) in [6.07, 6.45) is 2.28. The molecule has 0 aliphatic rings. The molecule has 0 aliphatic heterocycles. The van der Waals surface area contributed by atoms with E-state index < -0.39 is 0 Å². The van der Waals surface area contributed by atoms with E-state index in [2.05, 4.69) is 10.6 Å². The van der Waals surface area contributed by atoms with Crippen LogP contribution in [0.3, 0.4) is 0 Å². The van der Waals surface area contributed by atoms with Gasteiger partial charge in [0, 0.05) is 12.1 Å². The van der Waals surface area contributed by atoms with Crippen LogP contribution in [0.2, 0.25) is 5.02 Å². The molecule has 0 aromatic heterocycles. The zero-order chi connectivity index (χ0) is 14.3. The number of unbranched alkanes of at least 4 members (excludes halogenated alkanes) is 1. The Morgan fingerprint density at radius 2 is 2.00 bits per heavy atom. The summed E-state index contributed by atoms with van der Waals surface area (Å²) in [6.45, 7) is 1.93. The number of carbonyl (C=O) groups is 2. The molecule has 0 saturated carbocycles. The Balaban J connectivity index is 2.66. The van der Waals surface area contributed by atoms with Gasteiger partial charge >= 0.3 is 0 Å². The van der Waals surface area contributed by atoms with Gasteiger partial charge in [-0.1, -0.05) is 24.9 Å². The van der Waals surface area contributed by atoms with Gasteiger partial charge in [0.1, 0.15) is 0 Å². The summed E-state index contributed by atoms with van der Waals surface area (Å²) in [5.74, 6) is -0.363. The van der Waals surface area contributed by atoms with Gasteiger partial charge in [-0.15, -0.1) is 0 Å². The van der Waals surface area contributed by atoms with E-state index in [1.54, 1.807) is 18.2 Å². The quantitative estimate of drug-likeness (QED) is 0.749. The van der Waals surface area contributed by atoms with Crippen molar-refractivity contribution in [3.05, 3.63) is 23.2 Å². The number of benzene rings is 1. The molecule has 104 valence electrons. The van der Waals surface area contributed by atoms with Crippen LogP contribution in [-0.4, -0.2) is 18.4 Å². The molecule has 2 amide bonds. The predicted octanol–water partition coefficient (Wildman–Crippen LogP) is 2.37. The normalized spacial score (nSPS) is 10.1. The predicted molar refractivity (Wildman–Crippen MR) is 77.3 cm³/mol. The number of carbonyl (C=O) groups excluding carboxylic acids is 2. The van der Waals surface area contributed by atoms with E-state index in [-0.39, 0.29) is 18.4 Å². The molecule has 0 atom stereocenters. The fraction of sp³-hybridized carbons (Fsp3) is 0.385. The second-order valence-corrected chi connectivity index (χ2v) is 4.51. The van der Waals surface area contributed by atoms with Gasteiger partial charge in [0.25, 0.3) is 0 Å². The second-order valence-electron chi connectivity index (χ2n) is 4.10. The van der Waals surface area contributed by atoms with E-state index in [1.807, 2.05) is 6.92 Å². The van der Waals surface area contributed by atoms with Crippen LogP contribution in [0.5, 0.6) is 0 Å². The maximum atomic E-state index is 11.6.